The predicted octanol–water partition coefficient (Wildman–Crippen LogP) is 3.15. The zero-order valence-corrected chi connectivity index (χ0v) is 14.2. The Kier molecular flexibility index (Phi) is 3.60. The smallest absolute Gasteiger partial charge is 0.340 e. The minimum Gasteiger partial charge on any atom is -0.458 e. The second kappa shape index (κ2) is 5.55. The van der Waals surface area contributed by atoms with Crippen molar-refractivity contribution < 1.29 is 18.8 Å². The van der Waals surface area contributed by atoms with Gasteiger partial charge in [-0.1, -0.05) is 25.9 Å². The average Bonchev–Trinajstić information content (AvgIpc) is 3.01. The number of nitrogens with zero attached hydrogens (tertiary/aromatic N) is 2. The molecule has 0 aromatic carbocycles. The third kappa shape index (κ3) is 2.24. The lowest BCUT2D eigenvalue weighted by Gasteiger charge is -2.58. The van der Waals surface area contributed by atoms with Gasteiger partial charge in [0.15, 0.2) is 0 Å². The quantitative estimate of drug-likeness (QED) is 0.805. The third-order valence-corrected chi connectivity index (χ3v) is 5.43. The van der Waals surface area contributed by atoms with Crippen LogP contribution in [0.25, 0.3) is 11.1 Å². The van der Waals surface area contributed by atoms with Gasteiger partial charge in [0.05, 0.1) is 22.7 Å². The molecule has 3 heterocycles. The van der Waals surface area contributed by atoms with Gasteiger partial charge in [-0.05, 0) is 25.3 Å². The first-order chi connectivity index (χ1) is 11.5. The third-order valence-electron chi connectivity index (χ3n) is 5.43. The van der Waals surface area contributed by atoms with E-state index in [2.05, 4.69) is 24.0 Å². The zero-order chi connectivity index (χ0) is 16.9. The van der Waals surface area contributed by atoms with E-state index in [1.165, 1.54) is 6.20 Å². The van der Waals surface area contributed by atoms with Crippen molar-refractivity contribution in [2.24, 2.45) is 11.3 Å². The molecule has 0 N–H and O–H groups in total. The van der Waals surface area contributed by atoms with Gasteiger partial charge in [0.1, 0.15) is 6.10 Å². The zero-order valence-electron chi connectivity index (χ0n) is 14.2. The minimum absolute atomic E-state index is 0.112. The molecule has 1 saturated carbocycles. The standard InChI is InChI=1S/C18H22N2O4/c1-4-13-12-8-10(9-19-16(12)24-20-13)17(21)23-15-11-6-5-7-22-14(11)18(15,2)3/h8-9,11,14-15H,4-7H2,1-3H3. The molecular formula is C18H22N2O4. The van der Waals surface area contributed by atoms with Crippen LogP contribution in [0, 0.1) is 11.3 Å². The van der Waals surface area contributed by atoms with Crippen LogP contribution >= 0.6 is 0 Å². The van der Waals surface area contributed by atoms with Crippen LogP contribution in [0.2, 0.25) is 0 Å². The van der Waals surface area contributed by atoms with E-state index < -0.39 is 0 Å². The molecule has 1 aliphatic heterocycles. The topological polar surface area (TPSA) is 74.5 Å². The van der Waals surface area contributed by atoms with Crippen molar-refractivity contribution >= 4 is 17.1 Å². The maximum absolute atomic E-state index is 12.6. The van der Waals surface area contributed by atoms with Crippen molar-refractivity contribution in [3.05, 3.63) is 23.5 Å². The second-order valence-electron chi connectivity index (χ2n) is 7.30. The number of hydrogen-bond donors (Lipinski definition) is 0. The van der Waals surface area contributed by atoms with E-state index in [9.17, 15) is 4.79 Å². The fraction of sp³-hybridized carbons (Fsp3) is 0.611. The van der Waals surface area contributed by atoms with E-state index in [1.807, 2.05) is 6.92 Å². The van der Waals surface area contributed by atoms with E-state index in [0.717, 1.165) is 36.9 Å². The Morgan fingerprint density at radius 3 is 3.08 bits per heavy atom. The molecule has 3 unspecified atom stereocenters. The van der Waals surface area contributed by atoms with E-state index >= 15 is 0 Å². The molecule has 6 nitrogen and oxygen atoms in total. The Bertz CT molecular complexity index is 782. The monoisotopic (exact) mass is 330 g/mol. The maximum Gasteiger partial charge on any atom is 0.340 e. The molecule has 0 bridgehead atoms. The first-order valence-electron chi connectivity index (χ1n) is 8.59. The van der Waals surface area contributed by atoms with Crippen molar-refractivity contribution in [1.82, 2.24) is 10.1 Å². The lowest BCUT2D eigenvalue weighted by atomic mass is 9.57. The van der Waals surface area contributed by atoms with Crippen molar-refractivity contribution in [2.45, 2.75) is 52.2 Å². The highest BCUT2D eigenvalue weighted by Crippen LogP contribution is 2.53. The average molecular weight is 330 g/mol. The number of aryl methyl sites for hydroxylation is 1. The predicted molar refractivity (Wildman–Crippen MR) is 86.6 cm³/mol. The molecule has 2 aromatic heterocycles. The summed E-state index contributed by atoms with van der Waals surface area (Å²) in [5, 5.41) is 4.75. The summed E-state index contributed by atoms with van der Waals surface area (Å²) in [6, 6.07) is 1.76. The molecule has 1 saturated heterocycles. The molecule has 24 heavy (non-hydrogen) atoms. The number of aromatic nitrogens is 2. The summed E-state index contributed by atoms with van der Waals surface area (Å²) in [6.45, 7) is 7.00. The van der Waals surface area contributed by atoms with E-state index in [4.69, 9.17) is 14.0 Å². The summed E-state index contributed by atoms with van der Waals surface area (Å²) in [6.07, 6.45) is 4.38. The summed E-state index contributed by atoms with van der Waals surface area (Å²) in [7, 11) is 0. The van der Waals surface area contributed by atoms with Crippen LogP contribution in [0.3, 0.4) is 0 Å². The number of fused-ring (bicyclic) bond motifs is 2. The molecule has 2 aromatic rings. The summed E-state index contributed by atoms with van der Waals surface area (Å²) in [5.41, 5.74) is 1.55. The first kappa shape index (κ1) is 15.6. The summed E-state index contributed by atoms with van der Waals surface area (Å²) >= 11 is 0. The van der Waals surface area contributed by atoms with Gasteiger partial charge in [-0.15, -0.1) is 0 Å². The molecule has 128 valence electrons. The number of hydrogen-bond acceptors (Lipinski definition) is 6. The highest BCUT2D eigenvalue weighted by Gasteiger charge is 2.60. The molecule has 0 amide bonds. The van der Waals surface area contributed by atoms with E-state index in [0.29, 0.717) is 17.2 Å². The normalized spacial score (nSPS) is 28.2. The fourth-order valence-electron chi connectivity index (χ4n) is 4.14. The fourth-order valence-corrected chi connectivity index (χ4v) is 4.14. The van der Waals surface area contributed by atoms with Gasteiger partial charge in [-0.3, -0.25) is 0 Å². The van der Waals surface area contributed by atoms with Crippen LogP contribution in [0.1, 0.15) is 49.7 Å². The summed E-state index contributed by atoms with van der Waals surface area (Å²) in [5.74, 6) is -0.0362. The van der Waals surface area contributed by atoms with Gasteiger partial charge in [-0.2, -0.15) is 0 Å². The lowest BCUT2D eigenvalue weighted by molar-refractivity contribution is -0.243. The molecule has 1 aliphatic carbocycles. The number of rotatable bonds is 3. The number of carbonyl (C=O) groups is 1. The van der Waals surface area contributed by atoms with Gasteiger partial charge in [-0.25, -0.2) is 9.78 Å². The second-order valence-corrected chi connectivity index (χ2v) is 7.30. The molecule has 4 rings (SSSR count). The molecule has 3 atom stereocenters. The largest absolute Gasteiger partial charge is 0.458 e. The van der Waals surface area contributed by atoms with Crippen LogP contribution in [0.4, 0.5) is 0 Å². The van der Waals surface area contributed by atoms with Crippen molar-refractivity contribution in [2.75, 3.05) is 6.61 Å². The summed E-state index contributed by atoms with van der Waals surface area (Å²) in [4.78, 5) is 16.8. The highest BCUT2D eigenvalue weighted by molar-refractivity contribution is 5.93. The number of ether oxygens (including phenoxy) is 2. The molecule has 2 aliphatic rings. The highest BCUT2D eigenvalue weighted by atomic mass is 16.6. The van der Waals surface area contributed by atoms with Crippen molar-refractivity contribution in [3.8, 4) is 0 Å². The maximum atomic E-state index is 12.6. The molecule has 0 radical (unpaired) electrons. The van der Waals surface area contributed by atoms with Crippen molar-refractivity contribution in [3.63, 3.8) is 0 Å². The Hall–Kier alpha value is -1.95. The van der Waals surface area contributed by atoms with Gasteiger partial charge >= 0.3 is 5.97 Å². The molecule has 2 fully saturated rings. The molecule has 0 spiro atoms. The van der Waals surface area contributed by atoms with Gasteiger partial charge in [0, 0.05) is 24.1 Å². The van der Waals surface area contributed by atoms with E-state index in [-0.39, 0.29) is 23.6 Å². The SMILES string of the molecule is CCc1noc2ncc(C(=O)OC3C4CCCOC4C3(C)C)cc12. The van der Waals surface area contributed by atoms with Crippen LogP contribution in [0.5, 0.6) is 0 Å². The molecule has 6 heteroatoms. The van der Waals surface area contributed by atoms with Crippen LogP contribution in [-0.4, -0.2) is 34.9 Å². The molecular weight excluding hydrogens is 308 g/mol. The van der Waals surface area contributed by atoms with Crippen LogP contribution < -0.4 is 0 Å². The summed E-state index contributed by atoms with van der Waals surface area (Å²) < 4.78 is 16.9. The lowest BCUT2D eigenvalue weighted by Crippen LogP contribution is -2.65. The first-order valence-corrected chi connectivity index (χ1v) is 8.59. The number of esters is 1. The number of carbonyl (C=O) groups excluding carboxylic acids is 1. The van der Waals surface area contributed by atoms with Gasteiger partial charge in [0.2, 0.25) is 0 Å². The van der Waals surface area contributed by atoms with Crippen LogP contribution in [0.15, 0.2) is 16.8 Å². The Morgan fingerprint density at radius 1 is 1.46 bits per heavy atom. The Morgan fingerprint density at radius 2 is 2.29 bits per heavy atom. The van der Waals surface area contributed by atoms with Gasteiger partial charge in [0.25, 0.3) is 5.71 Å². The van der Waals surface area contributed by atoms with E-state index in [1.54, 1.807) is 6.07 Å². The minimum atomic E-state index is -0.338. The van der Waals surface area contributed by atoms with Crippen molar-refractivity contribution in [1.29, 1.82) is 0 Å². The Balaban J connectivity index is 1.56. The number of pyridine rings is 1. The van der Waals surface area contributed by atoms with Gasteiger partial charge < -0.3 is 14.0 Å². The Labute approximate surface area is 140 Å². The van der Waals surface area contributed by atoms with Crippen LogP contribution in [-0.2, 0) is 15.9 Å².